The van der Waals surface area contributed by atoms with Crippen LogP contribution in [0.1, 0.15) is 39.0 Å². The molecule has 1 rings (SSSR count). The molecule has 74 valence electrons. The molecule has 0 amide bonds. The molecule has 1 aliphatic carbocycles. The van der Waals surface area contributed by atoms with E-state index in [1.165, 1.54) is 6.42 Å². The summed E-state index contributed by atoms with van der Waals surface area (Å²) in [5.74, 6) is 0.780. The first-order valence-electron chi connectivity index (χ1n) is 5.04. The lowest BCUT2D eigenvalue weighted by Crippen LogP contribution is -2.42. The Kier molecular flexibility index (Phi) is 3.56. The van der Waals surface area contributed by atoms with Gasteiger partial charge in [-0.15, -0.1) is 0 Å². The SMILES string of the molecule is CCC1CCC(O)(CNC#N)CC1. The molecule has 1 aliphatic rings. The van der Waals surface area contributed by atoms with Gasteiger partial charge in [0.25, 0.3) is 0 Å². The van der Waals surface area contributed by atoms with Gasteiger partial charge in [0.1, 0.15) is 0 Å². The molecule has 0 atom stereocenters. The van der Waals surface area contributed by atoms with Crippen molar-refractivity contribution >= 4 is 0 Å². The highest BCUT2D eigenvalue weighted by molar-refractivity contribution is 4.88. The molecule has 3 heteroatoms. The highest BCUT2D eigenvalue weighted by Gasteiger charge is 2.32. The molecule has 0 saturated heterocycles. The van der Waals surface area contributed by atoms with E-state index in [1.807, 2.05) is 6.19 Å². The van der Waals surface area contributed by atoms with Gasteiger partial charge in [-0.05, 0) is 31.6 Å². The van der Waals surface area contributed by atoms with Crippen molar-refractivity contribution in [2.45, 2.75) is 44.6 Å². The largest absolute Gasteiger partial charge is 0.388 e. The molecule has 0 aromatic carbocycles. The van der Waals surface area contributed by atoms with Crippen molar-refractivity contribution in [2.24, 2.45) is 5.92 Å². The van der Waals surface area contributed by atoms with Gasteiger partial charge < -0.3 is 10.4 Å². The van der Waals surface area contributed by atoms with Crippen LogP contribution in [-0.4, -0.2) is 17.3 Å². The molecule has 1 fully saturated rings. The van der Waals surface area contributed by atoms with Crippen LogP contribution >= 0.6 is 0 Å². The first-order valence-corrected chi connectivity index (χ1v) is 5.04. The van der Waals surface area contributed by atoms with Gasteiger partial charge >= 0.3 is 0 Å². The maximum absolute atomic E-state index is 10.0. The van der Waals surface area contributed by atoms with Crippen molar-refractivity contribution in [3.05, 3.63) is 0 Å². The van der Waals surface area contributed by atoms with Crippen LogP contribution in [0.5, 0.6) is 0 Å². The van der Waals surface area contributed by atoms with E-state index in [1.54, 1.807) is 0 Å². The third-order valence-corrected chi connectivity index (χ3v) is 3.11. The Labute approximate surface area is 79.8 Å². The van der Waals surface area contributed by atoms with Crippen molar-refractivity contribution in [3.63, 3.8) is 0 Å². The van der Waals surface area contributed by atoms with Gasteiger partial charge in [-0.25, -0.2) is 0 Å². The smallest absolute Gasteiger partial charge is 0.176 e. The van der Waals surface area contributed by atoms with E-state index in [0.29, 0.717) is 6.54 Å². The maximum atomic E-state index is 10.0. The summed E-state index contributed by atoms with van der Waals surface area (Å²) in [4.78, 5) is 0. The molecule has 0 bridgehead atoms. The third kappa shape index (κ3) is 2.89. The topological polar surface area (TPSA) is 56.0 Å². The minimum atomic E-state index is -0.624. The van der Waals surface area contributed by atoms with Gasteiger partial charge in [0.15, 0.2) is 6.19 Å². The summed E-state index contributed by atoms with van der Waals surface area (Å²) in [7, 11) is 0. The van der Waals surface area contributed by atoms with Crippen LogP contribution < -0.4 is 5.32 Å². The van der Waals surface area contributed by atoms with Crippen LogP contribution in [0.2, 0.25) is 0 Å². The van der Waals surface area contributed by atoms with Crippen molar-refractivity contribution in [3.8, 4) is 6.19 Å². The van der Waals surface area contributed by atoms with E-state index >= 15 is 0 Å². The Morgan fingerprint density at radius 3 is 2.62 bits per heavy atom. The quantitative estimate of drug-likeness (QED) is 0.512. The zero-order valence-electron chi connectivity index (χ0n) is 8.21. The summed E-state index contributed by atoms with van der Waals surface area (Å²) < 4.78 is 0. The predicted molar refractivity (Wildman–Crippen MR) is 50.8 cm³/mol. The molecule has 0 aromatic heterocycles. The fourth-order valence-electron chi connectivity index (χ4n) is 2.00. The number of aliphatic hydroxyl groups is 1. The van der Waals surface area contributed by atoms with Crippen LogP contribution in [-0.2, 0) is 0 Å². The Hall–Kier alpha value is -0.750. The van der Waals surface area contributed by atoms with Gasteiger partial charge in [-0.2, -0.15) is 5.26 Å². The Morgan fingerprint density at radius 2 is 2.15 bits per heavy atom. The molecular formula is C10H18N2O. The Morgan fingerprint density at radius 1 is 1.54 bits per heavy atom. The minimum Gasteiger partial charge on any atom is -0.388 e. The summed E-state index contributed by atoms with van der Waals surface area (Å²) in [6.45, 7) is 2.61. The second-order valence-corrected chi connectivity index (χ2v) is 4.04. The van der Waals surface area contributed by atoms with E-state index < -0.39 is 5.60 Å². The third-order valence-electron chi connectivity index (χ3n) is 3.11. The average Bonchev–Trinajstić information content (AvgIpc) is 2.16. The molecular weight excluding hydrogens is 164 g/mol. The van der Waals surface area contributed by atoms with E-state index in [9.17, 15) is 5.11 Å². The Bertz CT molecular complexity index is 190. The fraction of sp³-hybridized carbons (Fsp3) is 0.900. The molecule has 0 spiro atoms. The van der Waals surface area contributed by atoms with E-state index in [0.717, 1.165) is 31.6 Å². The van der Waals surface area contributed by atoms with Gasteiger partial charge in [-0.1, -0.05) is 13.3 Å². The number of hydrogen-bond acceptors (Lipinski definition) is 3. The second kappa shape index (κ2) is 4.48. The number of nitrogens with zero attached hydrogens (tertiary/aromatic N) is 1. The van der Waals surface area contributed by atoms with Crippen molar-refractivity contribution in [1.29, 1.82) is 5.26 Å². The van der Waals surface area contributed by atoms with Gasteiger partial charge in [0, 0.05) is 0 Å². The molecule has 3 nitrogen and oxygen atoms in total. The van der Waals surface area contributed by atoms with Crippen LogP contribution in [0.15, 0.2) is 0 Å². The molecule has 0 aromatic rings. The van der Waals surface area contributed by atoms with Crippen LogP contribution in [0.4, 0.5) is 0 Å². The highest BCUT2D eigenvalue weighted by Crippen LogP contribution is 2.33. The van der Waals surface area contributed by atoms with E-state index in [2.05, 4.69) is 12.2 Å². The molecule has 0 unspecified atom stereocenters. The monoisotopic (exact) mass is 182 g/mol. The van der Waals surface area contributed by atoms with Gasteiger partial charge in [0.05, 0.1) is 12.1 Å². The second-order valence-electron chi connectivity index (χ2n) is 4.04. The highest BCUT2D eigenvalue weighted by atomic mass is 16.3. The molecule has 2 N–H and O–H groups in total. The molecule has 0 aliphatic heterocycles. The van der Waals surface area contributed by atoms with Crippen molar-refractivity contribution in [2.75, 3.05) is 6.54 Å². The normalized spacial score (nSPS) is 33.8. The van der Waals surface area contributed by atoms with Crippen LogP contribution in [0.3, 0.4) is 0 Å². The molecule has 13 heavy (non-hydrogen) atoms. The summed E-state index contributed by atoms with van der Waals surface area (Å²) in [5.41, 5.74) is -0.624. The lowest BCUT2D eigenvalue weighted by atomic mass is 9.78. The number of nitriles is 1. The summed E-state index contributed by atoms with van der Waals surface area (Å²) in [5, 5.41) is 20.9. The minimum absolute atomic E-state index is 0.417. The van der Waals surface area contributed by atoms with Crippen LogP contribution in [0, 0.1) is 17.4 Å². The number of nitrogens with one attached hydrogen (secondary N) is 1. The van der Waals surface area contributed by atoms with Crippen LogP contribution in [0.25, 0.3) is 0 Å². The average molecular weight is 182 g/mol. The maximum Gasteiger partial charge on any atom is 0.176 e. The Balaban J connectivity index is 2.33. The van der Waals surface area contributed by atoms with Gasteiger partial charge in [0.2, 0.25) is 0 Å². The first kappa shape index (κ1) is 10.3. The number of rotatable bonds is 3. The summed E-state index contributed by atoms with van der Waals surface area (Å²) in [6, 6.07) is 0. The molecule has 0 radical (unpaired) electrons. The van der Waals surface area contributed by atoms with Crippen molar-refractivity contribution < 1.29 is 5.11 Å². The first-order chi connectivity index (χ1) is 6.20. The predicted octanol–water partition coefficient (Wildman–Crippen LogP) is 1.39. The van der Waals surface area contributed by atoms with Gasteiger partial charge in [-0.3, -0.25) is 0 Å². The van der Waals surface area contributed by atoms with E-state index in [4.69, 9.17) is 5.26 Å². The van der Waals surface area contributed by atoms with E-state index in [-0.39, 0.29) is 0 Å². The number of hydrogen-bond donors (Lipinski definition) is 2. The summed E-state index contributed by atoms with van der Waals surface area (Å²) >= 11 is 0. The fourth-order valence-corrected chi connectivity index (χ4v) is 2.00. The lowest BCUT2D eigenvalue weighted by Gasteiger charge is -2.35. The zero-order chi connectivity index (χ0) is 9.73. The standard InChI is InChI=1S/C10H18N2O/c1-2-9-3-5-10(13,6-4-9)7-12-8-11/h9,12-13H,2-7H2,1H3. The lowest BCUT2D eigenvalue weighted by molar-refractivity contribution is -0.00567. The summed E-state index contributed by atoms with van der Waals surface area (Å²) in [6.07, 6.45) is 6.93. The molecule has 1 saturated carbocycles. The zero-order valence-corrected chi connectivity index (χ0v) is 8.21. The molecule has 0 heterocycles. The van der Waals surface area contributed by atoms with Crippen molar-refractivity contribution in [1.82, 2.24) is 5.32 Å².